The van der Waals surface area contributed by atoms with Gasteiger partial charge in [-0.2, -0.15) is 0 Å². The van der Waals surface area contributed by atoms with Crippen molar-refractivity contribution in [2.24, 2.45) is 0 Å². The minimum absolute atomic E-state index is 0.109. The maximum Gasteiger partial charge on any atom is 0.171 e. The van der Waals surface area contributed by atoms with E-state index >= 15 is 0 Å². The second-order valence-corrected chi connectivity index (χ2v) is 8.55. The molecule has 2 aliphatic carbocycles. The number of methoxy groups -OCH3 is 1. The summed E-state index contributed by atoms with van der Waals surface area (Å²) in [6, 6.07) is 16.5. The van der Waals surface area contributed by atoms with Gasteiger partial charge in [-0.15, -0.1) is 0 Å². The molecule has 0 amide bonds. The number of rotatable bonds is 6. The van der Waals surface area contributed by atoms with Crippen LogP contribution in [0, 0.1) is 0 Å². The summed E-state index contributed by atoms with van der Waals surface area (Å²) in [6.45, 7) is 0. The van der Waals surface area contributed by atoms with Crippen molar-refractivity contribution in [3.63, 3.8) is 0 Å². The molecule has 2 aromatic carbocycles. The van der Waals surface area contributed by atoms with Crippen molar-refractivity contribution in [2.45, 2.75) is 63.0 Å². The Morgan fingerprint density at radius 3 is 2.14 bits per heavy atom. The normalized spacial score (nSPS) is 18.4. The van der Waals surface area contributed by atoms with Crippen molar-refractivity contribution in [1.82, 2.24) is 5.32 Å². The van der Waals surface area contributed by atoms with E-state index in [9.17, 15) is 0 Å². The Kier molecular flexibility index (Phi) is 6.24. The van der Waals surface area contributed by atoms with Crippen LogP contribution in [-0.2, 0) is 5.54 Å². The van der Waals surface area contributed by atoms with Crippen LogP contribution in [-0.4, -0.2) is 18.3 Å². The van der Waals surface area contributed by atoms with Crippen LogP contribution >= 0.6 is 12.2 Å². The Morgan fingerprint density at radius 2 is 1.52 bits per heavy atom. The number of anilines is 1. The van der Waals surface area contributed by atoms with Gasteiger partial charge in [0.2, 0.25) is 0 Å². The van der Waals surface area contributed by atoms with Gasteiger partial charge in [-0.05, 0) is 92.7 Å². The molecular formula is C24H30N2O2S. The molecule has 2 aromatic rings. The van der Waals surface area contributed by atoms with E-state index in [-0.39, 0.29) is 5.54 Å². The van der Waals surface area contributed by atoms with Gasteiger partial charge in [0.05, 0.1) is 18.8 Å². The molecule has 29 heavy (non-hydrogen) atoms. The van der Waals surface area contributed by atoms with E-state index in [1.54, 1.807) is 7.11 Å². The molecule has 0 radical (unpaired) electrons. The molecule has 4 rings (SSSR count). The lowest BCUT2D eigenvalue weighted by molar-refractivity contribution is 0.210. The average molecular weight is 411 g/mol. The molecule has 0 heterocycles. The second-order valence-electron chi connectivity index (χ2n) is 8.15. The van der Waals surface area contributed by atoms with Crippen LogP contribution in [0.2, 0.25) is 0 Å². The number of ether oxygens (including phenoxy) is 2. The van der Waals surface area contributed by atoms with Crippen molar-refractivity contribution in [3.05, 3.63) is 54.1 Å². The molecule has 2 fully saturated rings. The summed E-state index contributed by atoms with van der Waals surface area (Å²) < 4.78 is 11.4. The second kappa shape index (κ2) is 9.04. The predicted octanol–water partition coefficient (Wildman–Crippen LogP) is 5.77. The molecule has 2 saturated carbocycles. The highest BCUT2D eigenvalue weighted by molar-refractivity contribution is 7.80. The molecule has 2 aliphatic rings. The van der Waals surface area contributed by atoms with E-state index in [4.69, 9.17) is 21.7 Å². The Balaban J connectivity index is 1.39. The van der Waals surface area contributed by atoms with E-state index in [0.29, 0.717) is 11.2 Å². The fraction of sp³-hybridized carbons (Fsp3) is 0.458. The molecule has 0 atom stereocenters. The number of hydrogen-bond donors (Lipinski definition) is 2. The van der Waals surface area contributed by atoms with Gasteiger partial charge in [-0.3, -0.25) is 0 Å². The first-order valence-corrected chi connectivity index (χ1v) is 11.1. The lowest BCUT2D eigenvalue weighted by Crippen LogP contribution is -2.45. The molecule has 0 aromatic heterocycles. The minimum Gasteiger partial charge on any atom is -0.497 e. The molecule has 4 nitrogen and oxygen atoms in total. The number of thiocarbonyl (C=S) groups is 1. The highest BCUT2D eigenvalue weighted by Gasteiger charge is 2.36. The van der Waals surface area contributed by atoms with Gasteiger partial charge >= 0.3 is 0 Å². The van der Waals surface area contributed by atoms with Crippen molar-refractivity contribution in [2.75, 3.05) is 12.4 Å². The van der Waals surface area contributed by atoms with E-state index in [0.717, 1.165) is 30.0 Å². The van der Waals surface area contributed by atoms with E-state index in [2.05, 4.69) is 22.8 Å². The summed E-state index contributed by atoms with van der Waals surface area (Å²) in [7, 11) is 1.70. The SMILES string of the molecule is COc1ccc(C2(NC(=S)Nc3ccc(OC4CCCC4)cc3)CCCC2)cc1. The third kappa shape index (κ3) is 4.84. The Hall–Kier alpha value is -2.27. The molecule has 0 unspecified atom stereocenters. The zero-order valence-corrected chi connectivity index (χ0v) is 17.9. The zero-order chi connectivity index (χ0) is 20.1. The predicted molar refractivity (Wildman–Crippen MR) is 122 cm³/mol. The zero-order valence-electron chi connectivity index (χ0n) is 17.1. The molecule has 2 N–H and O–H groups in total. The summed E-state index contributed by atoms with van der Waals surface area (Å²) in [5.74, 6) is 1.81. The molecule has 0 spiro atoms. The average Bonchev–Trinajstić information content (AvgIpc) is 3.42. The van der Waals surface area contributed by atoms with Crippen LogP contribution in [0.5, 0.6) is 11.5 Å². The molecular weight excluding hydrogens is 380 g/mol. The monoisotopic (exact) mass is 410 g/mol. The van der Waals surface area contributed by atoms with Gasteiger partial charge < -0.3 is 20.1 Å². The van der Waals surface area contributed by atoms with E-state index in [1.165, 1.54) is 44.1 Å². The highest BCUT2D eigenvalue weighted by Crippen LogP contribution is 2.39. The summed E-state index contributed by atoms with van der Waals surface area (Å²) in [4.78, 5) is 0. The fourth-order valence-electron chi connectivity index (χ4n) is 4.57. The Labute approximate surface area is 179 Å². The summed E-state index contributed by atoms with van der Waals surface area (Å²) >= 11 is 5.66. The quantitative estimate of drug-likeness (QED) is 0.592. The van der Waals surface area contributed by atoms with Crippen LogP contribution in [0.25, 0.3) is 0 Å². The van der Waals surface area contributed by atoms with Crippen LogP contribution in [0.4, 0.5) is 5.69 Å². The molecule has 154 valence electrons. The summed E-state index contributed by atoms with van der Waals surface area (Å²) in [5.41, 5.74) is 2.13. The highest BCUT2D eigenvalue weighted by atomic mass is 32.1. The molecule has 5 heteroatoms. The lowest BCUT2D eigenvalue weighted by atomic mass is 9.88. The van der Waals surface area contributed by atoms with Gasteiger partial charge in [-0.1, -0.05) is 25.0 Å². The fourth-order valence-corrected chi connectivity index (χ4v) is 4.88. The Morgan fingerprint density at radius 1 is 0.897 bits per heavy atom. The molecule has 0 saturated heterocycles. The largest absolute Gasteiger partial charge is 0.497 e. The van der Waals surface area contributed by atoms with Gasteiger partial charge in [0.1, 0.15) is 11.5 Å². The van der Waals surface area contributed by atoms with Crippen molar-refractivity contribution < 1.29 is 9.47 Å². The standard InChI is InChI=1S/C24H30N2O2S/c1-27-20-12-8-18(9-13-20)24(16-4-5-17-24)26-23(29)25-19-10-14-22(15-11-19)28-21-6-2-3-7-21/h8-15,21H,2-7,16-17H2,1H3,(H2,25,26,29). The first-order chi connectivity index (χ1) is 14.2. The number of benzene rings is 2. The molecule has 0 aliphatic heterocycles. The third-order valence-electron chi connectivity index (χ3n) is 6.17. The van der Waals surface area contributed by atoms with Gasteiger partial charge in [0.15, 0.2) is 5.11 Å². The van der Waals surface area contributed by atoms with Gasteiger partial charge in [0, 0.05) is 5.69 Å². The van der Waals surface area contributed by atoms with Gasteiger partial charge in [0.25, 0.3) is 0 Å². The summed E-state index contributed by atoms with van der Waals surface area (Å²) in [6.07, 6.45) is 9.83. The van der Waals surface area contributed by atoms with Gasteiger partial charge in [-0.25, -0.2) is 0 Å². The lowest BCUT2D eigenvalue weighted by Gasteiger charge is -2.32. The number of hydrogen-bond acceptors (Lipinski definition) is 3. The van der Waals surface area contributed by atoms with Crippen LogP contribution in [0.15, 0.2) is 48.5 Å². The molecule has 0 bridgehead atoms. The summed E-state index contributed by atoms with van der Waals surface area (Å²) in [5, 5.41) is 7.62. The number of nitrogens with one attached hydrogen (secondary N) is 2. The third-order valence-corrected chi connectivity index (χ3v) is 6.37. The topological polar surface area (TPSA) is 42.5 Å². The minimum atomic E-state index is -0.109. The Bertz CT molecular complexity index is 808. The van der Waals surface area contributed by atoms with E-state index < -0.39 is 0 Å². The van der Waals surface area contributed by atoms with Crippen LogP contribution in [0.3, 0.4) is 0 Å². The maximum atomic E-state index is 6.05. The van der Waals surface area contributed by atoms with Crippen molar-refractivity contribution in [3.8, 4) is 11.5 Å². The van der Waals surface area contributed by atoms with Crippen molar-refractivity contribution >= 4 is 23.0 Å². The first kappa shape index (κ1) is 20.0. The van der Waals surface area contributed by atoms with Crippen LogP contribution in [0.1, 0.15) is 56.9 Å². The van der Waals surface area contributed by atoms with Crippen molar-refractivity contribution in [1.29, 1.82) is 0 Å². The maximum absolute atomic E-state index is 6.05. The first-order valence-electron chi connectivity index (χ1n) is 10.7. The smallest absolute Gasteiger partial charge is 0.171 e. The van der Waals surface area contributed by atoms with Crippen LogP contribution < -0.4 is 20.1 Å². The van der Waals surface area contributed by atoms with E-state index in [1.807, 2.05) is 36.4 Å².